The Kier molecular flexibility index (Phi) is 5.81. The van der Waals surface area contributed by atoms with Gasteiger partial charge in [0.25, 0.3) is 0 Å². The van der Waals surface area contributed by atoms with Gasteiger partial charge in [0.05, 0.1) is 12.2 Å². The van der Waals surface area contributed by atoms with Crippen molar-refractivity contribution in [3.05, 3.63) is 71.8 Å². The van der Waals surface area contributed by atoms with E-state index < -0.39 is 0 Å². The molecule has 8 heteroatoms. The number of nitrogens with one attached hydrogen (secondary N) is 1. The number of halogens is 1. The fourth-order valence-electron chi connectivity index (χ4n) is 3.42. The Morgan fingerprint density at radius 3 is 2.38 bits per heavy atom. The molecule has 1 aliphatic heterocycles. The van der Waals surface area contributed by atoms with Gasteiger partial charge in [0.1, 0.15) is 11.6 Å². The van der Waals surface area contributed by atoms with Gasteiger partial charge in [-0.1, -0.05) is 42.5 Å². The van der Waals surface area contributed by atoms with E-state index in [9.17, 15) is 4.39 Å². The molecule has 0 radical (unpaired) electrons. The molecule has 1 fully saturated rings. The zero-order valence-electron chi connectivity index (χ0n) is 16.1. The van der Waals surface area contributed by atoms with Crippen molar-refractivity contribution in [2.45, 2.75) is 13.1 Å². The minimum absolute atomic E-state index is 0.180. The fourth-order valence-corrected chi connectivity index (χ4v) is 3.42. The van der Waals surface area contributed by atoms with Crippen LogP contribution in [0, 0.1) is 5.82 Å². The zero-order chi connectivity index (χ0) is 20.1. The van der Waals surface area contributed by atoms with E-state index >= 15 is 0 Å². The van der Waals surface area contributed by atoms with E-state index in [0.29, 0.717) is 30.5 Å². The number of nitrogens with zero attached hydrogens (tertiary/aromatic N) is 5. The van der Waals surface area contributed by atoms with E-state index in [2.05, 4.69) is 30.1 Å². The molecule has 0 unspecified atom stereocenters. The Bertz CT molecular complexity index is 943. The van der Waals surface area contributed by atoms with E-state index in [1.54, 1.807) is 6.07 Å². The summed E-state index contributed by atoms with van der Waals surface area (Å²) >= 11 is 0. The predicted octanol–water partition coefficient (Wildman–Crippen LogP) is 2.53. The maximum atomic E-state index is 14.0. The van der Waals surface area contributed by atoms with Gasteiger partial charge >= 0.3 is 0 Å². The van der Waals surface area contributed by atoms with Gasteiger partial charge in [-0.2, -0.15) is 15.0 Å². The maximum absolute atomic E-state index is 14.0. The highest BCUT2D eigenvalue weighted by Crippen LogP contribution is 2.20. The van der Waals surface area contributed by atoms with Gasteiger partial charge < -0.3 is 16.0 Å². The number of piperazine rings is 1. The number of benzene rings is 2. The van der Waals surface area contributed by atoms with Crippen LogP contribution in [0.1, 0.15) is 11.4 Å². The largest absolute Gasteiger partial charge is 0.368 e. The van der Waals surface area contributed by atoms with Crippen LogP contribution in [0.3, 0.4) is 0 Å². The van der Waals surface area contributed by atoms with Crippen molar-refractivity contribution < 1.29 is 4.39 Å². The Labute approximate surface area is 169 Å². The van der Waals surface area contributed by atoms with Crippen molar-refractivity contribution in [2.75, 3.05) is 42.1 Å². The fraction of sp³-hybridized carbons (Fsp3) is 0.286. The zero-order valence-corrected chi connectivity index (χ0v) is 16.1. The Hall–Kier alpha value is -3.26. The minimum Gasteiger partial charge on any atom is -0.368 e. The molecule has 1 aromatic heterocycles. The summed E-state index contributed by atoms with van der Waals surface area (Å²) in [5, 5.41) is 3.20. The molecule has 150 valence electrons. The van der Waals surface area contributed by atoms with Gasteiger partial charge in [-0.3, -0.25) is 4.90 Å². The summed E-state index contributed by atoms with van der Waals surface area (Å²) in [6, 6.07) is 16.9. The van der Waals surface area contributed by atoms with Gasteiger partial charge in [0.15, 0.2) is 0 Å². The third-order valence-electron chi connectivity index (χ3n) is 4.92. The van der Waals surface area contributed by atoms with Crippen molar-refractivity contribution in [3.8, 4) is 0 Å². The molecule has 29 heavy (non-hydrogen) atoms. The van der Waals surface area contributed by atoms with Gasteiger partial charge in [0, 0.05) is 32.7 Å². The first-order chi connectivity index (χ1) is 14.2. The smallest absolute Gasteiger partial charge is 0.228 e. The maximum Gasteiger partial charge on any atom is 0.228 e. The van der Waals surface area contributed by atoms with Crippen LogP contribution in [0.4, 0.5) is 22.0 Å². The molecule has 7 nitrogen and oxygen atoms in total. The van der Waals surface area contributed by atoms with E-state index in [0.717, 1.165) is 31.7 Å². The number of hydrogen-bond acceptors (Lipinski definition) is 7. The van der Waals surface area contributed by atoms with Gasteiger partial charge in [0.2, 0.25) is 11.9 Å². The van der Waals surface area contributed by atoms with Crippen LogP contribution >= 0.6 is 0 Å². The molecule has 2 heterocycles. The molecule has 0 saturated carbocycles. The molecule has 1 aliphatic rings. The molecule has 3 N–H and O–H groups in total. The molecule has 1 saturated heterocycles. The topological polar surface area (TPSA) is 83.2 Å². The van der Waals surface area contributed by atoms with Crippen LogP contribution in [-0.2, 0) is 13.1 Å². The summed E-state index contributed by atoms with van der Waals surface area (Å²) in [6.45, 7) is 4.30. The lowest BCUT2D eigenvalue weighted by atomic mass is 10.2. The van der Waals surface area contributed by atoms with Crippen LogP contribution in [-0.4, -0.2) is 46.0 Å². The van der Waals surface area contributed by atoms with Gasteiger partial charge in [-0.15, -0.1) is 0 Å². The molecule has 0 bridgehead atoms. The summed E-state index contributed by atoms with van der Waals surface area (Å²) in [4.78, 5) is 17.3. The molecule has 0 amide bonds. The second-order valence-electron chi connectivity index (χ2n) is 6.99. The quantitative estimate of drug-likeness (QED) is 0.666. The number of para-hydroxylation sites is 1. The van der Waals surface area contributed by atoms with Crippen molar-refractivity contribution in [2.24, 2.45) is 0 Å². The molecule has 3 aromatic rings. The summed E-state index contributed by atoms with van der Waals surface area (Å²) in [5.74, 6) is 1.13. The summed E-state index contributed by atoms with van der Waals surface area (Å²) in [7, 11) is 0. The van der Waals surface area contributed by atoms with Crippen molar-refractivity contribution in [1.29, 1.82) is 0 Å². The number of rotatable bonds is 6. The highest BCUT2D eigenvalue weighted by atomic mass is 19.1. The van der Waals surface area contributed by atoms with Crippen molar-refractivity contribution in [3.63, 3.8) is 0 Å². The van der Waals surface area contributed by atoms with E-state index in [1.807, 2.05) is 42.5 Å². The number of aromatic nitrogens is 3. The molecule has 0 aliphatic carbocycles. The second kappa shape index (κ2) is 8.83. The first-order valence-electron chi connectivity index (χ1n) is 9.67. The lowest BCUT2D eigenvalue weighted by Gasteiger charge is -2.35. The SMILES string of the molecule is Nc1nc(CN2CCN(c3ccccc3F)CC2)nc(NCc2ccccc2)n1. The number of nitrogens with two attached hydrogens (primary N) is 1. The van der Waals surface area contributed by atoms with Crippen molar-refractivity contribution in [1.82, 2.24) is 19.9 Å². The molecular weight excluding hydrogens is 369 g/mol. The Morgan fingerprint density at radius 1 is 0.897 bits per heavy atom. The van der Waals surface area contributed by atoms with Crippen LogP contribution in [0.2, 0.25) is 0 Å². The average Bonchev–Trinajstić information content (AvgIpc) is 2.74. The first kappa shape index (κ1) is 19.1. The lowest BCUT2D eigenvalue weighted by molar-refractivity contribution is 0.243. The minimum atomic E-state index is -0.180. The van der Waals surface area contributed by atoms with E-state index in [1.165, 1.54) is 6.07 Å². The number of hydrogen-bond donors (Lipinski definition) is 2. The third-order valence-corrected chi connectivity index (χ3v) is 4.92. The summed E-state index contributed by atoms with van der Waals surface area (Å²) in [5.41, 5.74) is 7.67. The van der Waals surface area contributed by atoms with Crippen LogP contribution < -0.4 is 16.0 Å². The second-order valence-corrected chi connectivity index (χ2v) is 6.99. The van der Waals surface area contributed by atoms with Gasteiger partial charge in [-0.05, 0) is 17.7 Å². The third kappa shape index (κ3) is 4.97. The Morgan fingerprint density at radius 2 is 1.62 bits per heavy atom. The average molecular weight is 393 g/mol. The first-order valence-corrected chi connectivity index (χ1v) is 9.67. The highest BCUT2D eigenvalue weighted by Gasteiger charge is 2.20. The lowest BCUT2D eigenvalue weighted by Crippen LogP contribution is -2.46. The Balaban J connectivity index is 1.35. The molecule has 0 spiro atoms. The molecular formula is C21H24FN7. The number of nitrogen functional groups attached to an aromatic ring is 1. The van der Waals surface area contributed by atoms with Crippen LogP contribution in [0.15, 0.2) is 54.6 Å². The molecule has 2 aromatic carbocycles. The van der Waals surface area contributed by atoms with Crippen LogP contribution in [0.5, 0.6) is 0 Å². The summed E-state index contributed by atoms with van der Waals surface area (Å²) in [6.07, 6.45) is 0. The number of anilines is 3. The van der Waals surface area contributed by atoms with Crippen molar-refractivity contribution >= 4 is 17.6 Å². The van der Waals surface area contributed by atoms with E-state index in [-0.39, 0.29) is 11.8 Å². The van der Waals surface area contributed by atoms with Crippen LogP contribution in [0.25, 0.3) is 0 Å². The standard InChI is InChI=1S/C21H24FN7/c22-17-8-4-5-9-18(17)29-12-10-28(11-13-29)15-19-25-20(23)27-21(26-19)24-14-16-6-2-1-3-7-16/h1-9H,10-15H2,(H3,23,24,25,26,27). The highest BCUT2D eigenvalue weighted by molar-refractivity contribution is 5.48. The molecule has 4 rings (SSSR count). The molecule has 0 atom stereocenters. The summed E-state index contributed by atoms with van der Waals surface area (Å²) < 4.78 is 14.0. The van der Waals surface area contributed by atoms with E-state index in [4.69, 9.17) is 5.73 Å². The van der Waals surface area contributed by atoms with Gasteiger partial charge in [-0.25, -0.2) is 4.39 Å². The monoisotopic (exact) mass is 393 g/mol. The predicted molar refractivity (Wildman–Crippen MR) is 112 cm³/mol. The normalized spacial score (nSPS) is 14.7.